The van der Waals surface area contributed by atoms with Gasteiger partial charge in [0.05, 0.1) is 0 Å². The molecule has 1 rings (SSSR count). The van der Waals surface area contributed by atoms with Gasteiger partial charge in [-0.05, 0) is 32.6 Å². The van der Waals surface area contributed by atoms with Crippen LogP contribution in [0.1, 0.15) is 26.1 Å². The summed E-state index contributed by atoms with van der Waals surface area (Å²) in [6, 6.07) is 0. The highest BCUT2D eigenvalue weighted by Crippen LogP contribution is 1.94. The molecule has 0 saturated carbocycles. The van der Waals surface area contributed by atoms with E-state index in [1.54, 1.807) is 0 Å². The van der Waals surface area contributed by atoms with Gasteiger partial charge in [0.2, 0.25) is 0 Å². The summed E-state index contributed by atoms with van der Waals surface area (Å²) in [4.78, 5) is 6.76. The van der Waals surface area contributed by atoms with Crippen molar-refractivity contribution in [3.63, 3.8) is 0 Å². The Morgan fingerprint density at radius 3 is 2.65 bits per heavy atom. The minimum absolute atomic E-state index is 1.01. The molecule has 0 atom stereocenters. The molecule has 0 aliphatic carbocycles. The number of aryl methyl sites for hydroxylation is 1. The summed E-state index contributed by atoms with van der Waals surface area (Å²) in [6.45, 7) is 10.1. The van der Waals surface area contributed by atoms with E-state index < -0.39 is 0 Å². The molecule has 4 heteroatoms. The zero-order chi connectivity index (χ0) is 12.5. The first-order valence-corrected chi connectivity index (χ1v) is 6.67. The molecule has 0 aliphatic heterocycles. The minimum atomic E-state index is 1.01. The summed E-state index contributed by atoms with van der Waals surface area (Å²) in [5, 5.41) is 3.47. The molecule has 0 amide bonds. The lowest BCUT2D eigenvalue weighted by Gasteiger charge is -2.17. The highest BCUT2D eigenvalue weighted by molar-refractivity contribution is 4.91. The average Bonchev–Trinajstić information content (AvgIpc) is 2.74. The second-order valence-electron chi connectivity index (χ2n) is 4.33. The first kappa shape index (κ1) is 14.2. The SMILES string of the molecule is CCN(CC)CCCNCCc1nccn1C. The first-order valence-electron chi connectivity index (χ1n) is 6.67. The van der Waals surface area contributed by atoms with Crippen molar-refractivity contribution in [2.45, 2.75) is 26.7 Å². The summed E-state index contributed by atoms with van der Waals surface area (Å²) < 4.78 is 2.08. The summed E-state index contributed by atoms with van der Waals surface area (Å²) in [6.07, 6.45) is 6.09. The van der Waals surface area contributed by atoms with Crippen molar-refractivity contribution in [1.82, 2.24) is 19.8 Å². The van der Waals surface area contributed by atoms with Gasteiger partial charge >= 0.3 is 0 Å². The van der Waals surface area contributed by atoms with Gasteiger partial charge in [-0.15, -0.1) is 0 Å². The van der Waals surface area contributed by atoms with Crippen LogP contribution in [0, 0.1) is 0 Å². The fourth-order valence-electron chi connectivity index (χ4n) is 1.93. The Hall–Kier alpha value is -0.870. The lowest BCUT2D eigenvalue weighted by molar-refractivity contribution is 0.298. The molecule has 1 N–H and O–H groups in total. The van der Waals surface area contributed by atoms with Crippen LogP contribution < -0.4 is 5.32 Å². The number of imidazole rings is 1. The van der Waals surface area contributed by atoms with E-state index in [0.717, 1.165) is 38.4 Å². The molecule has 1 heterocycles. The number of hydrogen-bond donors (Lipinski definition) is 1. The molecule has 0 unspecified atom stereocenters. The van der Waals surface area contributed by atoms with Crippen LogP contribution in [0.5, 0.6) is 0 Å². The number of nitrogens with one attached hydrogen (secondary N) is 1. The van der Waals surface area contributed by atoms with Crippen molar-refractivity contribution >= 4 is 0 Å². The van der Waals surface area contributed by atoms with Gasteiger partial charge in [0, 0.05) is 32.4 Å². The van der Waals surface area contributed by atoms with E-state index in [2.05, 4.69) is 33.6 Å². The predicted octanol–water partition coefficient (Wildman–Crippen LogP) is 1.28. The second kappa shape index (κ2) is 8.25. The van der Waals surface area contributed by atoms with Gasteiger partial charge < -0.3 is 14.8 Å². The fourth-order valence-corrected chi connectivity index (χ4v) is 1.93. The Labute approximate surface area is 105 Å². The van der Waals surface area contributed by atoms with E-state index in [1.807, 2.05) is 19.4 Å². The highest BCUT2D eigenvalue weighted by atomic mass is 15.1. The molecule has 4 nitrogen and oxygen atoms in total. The molecule has 0 radical (unpaired) electrons. The smallest absolute Gasteiger partial charge is 0.109 e. The zero-order valence-electron chi connectivity index (χ0n) is 11.4. The molecule has 0 saturated heterocycles. The van der Waals surface area contributed by atoms with Crippen LogP contribution in [-0.4, -0.2) is 47.2 Å². The highest BCUT2D eigenvalue weighted by Gasteiger charge is 1.99. The number of aromatic nitrogens is 2. The van der Waals surface area contributed by atoms with Crippen molar-refractivity contribution in [1.29, 1.82) is 0 Å². The number of hydrogen-bond acceptors (Lipinski definition) is 3. The van der Waals surface area contributed by atoms with Crippen LogP contribution in [-0.2, 0) is 13.5 Å². The Morgan fingerprint density at radius 1 is 1.29 bits per heavy atom. The van der Waals surface area contributed by atoms with Crippen LogP contribution >= 0.6 is 0 Å². The largest absolute Gasteiger partial charge is 0.338 e. The van der Waals surface area contributed by atoms with Crippen LogP contribution in [0.4, 0.5) is 0 Å². The maximum atomic E-state index is 4.30. The van der Waals surface area contributed by atoms with E-state index in [4.69, 9.17) is 0 Å². The molecule has 0 aromatic carbocycles. The molecule has 0 spiro atoms. The van der Waals surface area contributed by atoms with Gasteiger partial charge in [-0.2, -0.15) is 0 Å². The van der Waals surface area contributed by atoms with E-state index >= 15 is 0 Å². The quantitative estimate of drug-likeness (QED) is 0.658. The molecular weight excluding hydrogens is 212 g/mol. The number of rotatable bonds is 9. The van der Waals surface area contributed by atoms with E-state index in [9.17, 15) is 0 Å². The van der Waals surface area contributed by atoms with Gasteiger partial charge in [0.15, 0.2) is 0 Å². The summed E-state index contributed by atoms with van der Waals surface area (Å²) >= 11 is 0. The standard InChI is InChI=1S/C13H26N4/c1-4-17(5-2)11-6-8-14-9-7-13-15-10-12-16(13)3/h10,12,14H,4-9,11H2,1-3H3. The van der Waals surface area contributed by atoms with Crippen LogP contribution in [0.2, 0.25) is 0 Å². The van der Waals surface area contributed by atoms with Gasteiger partial charge in [-0.25, -0.2) is 4.98 Å². The molecule has 0 bridgehead atoms. The van der Waals surface area contributed by atoms with Gasteiger partial charge in [-0.1, -0.05) is 13.8 Å². The molecular formula is C13H26N4. The third kappa shape index (κ3) is 5.33. The van der Waals surface area contributed by atoms with Gasteiger partial charge in [-0.3, -0.25) is 0 Å². The second-order valence-corrected chi connectivity index (χ2v) is 4.33. The lowest BCUT2D eigenvalue weighted by atomic mass is 10.3. The summed E-state index contributed by atoms with van der Waals surface area (Å²) in [5.41, 5.74) is 0. The molecule has 17 heavy (non-hydrogen) atoms. The lowest BCUT2D eigenvalue weighted by Crippen LogP contribution is -2.28. The predicted molar refractivity (Wildman–Crippen MR) is 72.2 cm³/mol. The maximum Gasteiger partial charge on any atom is 0.109 e. The third-order valence-corrected chi connectivity index (χ3v) is 3.17. The van der Waals surface area contributed by atoms with Gasteiger partial charge in [0.25, 0.3) is 0 Å². The van der Waals surface area contributed by atoms with Crippen molar-refractivity contribution in [3.8, 4) is 0 Å². The van der Waals surface area contributed by atoms with Crippen LogP contribution in [0.25, 0.3) is 0 Å². The Bertz CT molecular complexity index is 291. The molecule has 0 aliphatic rings. The number of nitrogens with zero attached hydrogens (tertiary/aromatic N) is 3. The van der Waals surface area contributed by atoms with Crippen LogP contribution in [0.3, 0.4) is 0 Å². The molecule has 98 valence electrons. The molecule has 0 fully saturated rings. The van der Waals surface area contributed by atoms with Crippen molar-refractivity contribution in [3.05, 3.63) is 18.2 Å². The maximum absolute atomic E-state index is 4.30. The average molecular weight is 238 g/mol. The fraction of sp³-hybridized carbons (Fsp3) is 0.769. The van der Waals surface area contributed by atoms with Crippen LogP contribution in [0.15, 0.2) is 12.4 Å². The monoisotopic (exact) mass is 238 g/mol. The van der Waals surface area contributed by atoms with Crippen molar-refractivity contribution in [2.75, 3.05) is 32.7 Å². The minimum Gasteiger partial charge on any atom is -0.338 e. The third-order valence-electron chi connectivity index (χ3n) is 3.17. The molecule has 1 aromatic rings. The van der Waals surface area contributed by atoms with E-state index in [1.165, 1.54) is 13.0 Å². The van der Waals surface area contributed by atoms with Gasteiger partial charge in [0.1, 0.15) is 5.82 Å². The van der Waals surface area contributed by atoms with E-state index in [-0.39, 0.29) is 0 Å². The molecule has 1 aromatic heterocycles. The zero-order valence-corrected chi connectivity index (χ0v) is 11.4. The van der Waals surface area contributed by atoms with E-state index in [0.29, 0.717) is 0 Å². The Morgan fingerprint density at radius 2 is 2.06 bits per heavy atom. The Kier molecular flexibility index (Phi) is 6.89. The topological polar surface area (TPSA) is 33.1 Å². The normalized spacial score (nSPS) is 11.3. The van der Waals surface area contributed by atoms with Crippen molar-refractivity contribution < 1.29 is 0 Å². The summed E-state index contributed by atoms with van der Waals surface area (Å²) in [5.74, 6) is 1.15. The summed E-state index contributed by atoms with van der Waals surface area (Å²) in [7, 11) is 2.04. The first-order chi connectivity index (χ1) is 8.27. The van der Waals surface area contributed by atoms with Crippen molar-refractivity contribution in [2.24, 2.45) is 7.05 Å². The Balaban J connectivity index is 2.00.